The maximum atomic E-state index is 12.6. The minimum atomic E-state index is -0.493. The van der Waals surface area contributed by atoms with Gasteiger partial charge in [0, 0.05) is 29.6 Å². The molecular formula is C20H25N3O3S. The number of hydrogen-bond acceptors (Lipinski definition) is 5. The minimum absolute atomic E-state index is 0.264. The molecule has 27 heavy (non-hydrogen) atoms. The number of primary amides is 1. The molecular weight excluding hydrogens is 362 g/mol. The Kier molecular flexibility index (Phi) is 5.82. The lowest BCUT2D eigenvalue weighted by atomic mass is 10.0. The number of carbonyl (C=O) groups is 2. The molecule has 3 rings (SSSR count). The molecule has 0 radical (unpaired) electrons. The number of carbonyl (C=O) groups excluding carboxylic acids is 2. The van der Waals surface area contributed by atoms with E-state index in [1.54, 1.807) is 24.3 Å². The summed E-state index contributed by atoms with van der Waals surface area (Å²) in [7, 11) is 0. The number of rotatable bonds is 6. The number of thiophene rings is 1. The van der Waals surface area contributed by atoms with Gasteiger partial charge in [0.15, 0.2) is 0 Å². The van der Waals surface area contributed by atoms with E-state index >= 15 is 0 Å². The summed E-state index contributed by atoms with van der Waals surface area (Å²) in [5.41, 5.74) is 7.57. The number of fused-ring (bicyclic) bond motifs is 1. The molecule has 0 bridgehead atoms. The van der Waals surface area contributed by atoms with Gasteiger partial charge in [-0.2, -0.15) is 0 Å². The number of amides is 2. The highest BCUT2D eigenvalue weighted by molar-refractivity contribution is 7.17. The van der Waals surface area contributed by atoms with Crippen molar-refractivity contribution in [3.8, 4) is 5.75 Å². The van der Waals surface area contributed by atoms with Gasteiger partial charge in [0.05, 0.1) is 12.2 Å². The number of nitrogens with zero attached hydrogens (tertiary/aromatic N) is 1. The number of nitrogens with two attached hydrogens (primary N) is 1. The predicted molar refractivity (Wildman–Crippen MR) is 108 cm³/mol. The van der Waals surface area contributed by atoms with E-state index in [0.29, 0.717) is 34.5 Å². The number of hydrogen-bond donors (Lipinski definition) is 2. The van der Waals surface area contributed by atoms with E-state index in [-0.39, 0.29) is 5.91 Å². The lowest BCUT2D eigenvalue weighted by Crippen LogP contribution is -2.35. The molecule has 0 saturated heterocycles. The summed E-state index contributed by atoms with van der Waals surface area (Å²) in [6.07, 6.45) is 0.765. The normalized spacial score (nSPS) is 14.1. The van der Waals surface area contributed by atoms with Crippen LogP contribution >= 0.6 is 11.3 Å². The fourth-order valence-corrected chi connectivity index (χ4v) is 4.53. The van der Waals surface area contributed by atoms with Crippen molar-refractivity contribution < 1.29 is 14.3 Å². The summed E-state index contributed by atoms with van der Waals surface area (Å²) in [6.45, 7) is 8.45. The molecule has 0 fully saturated rings. The highest BCUT2D eigenvalue weighted by Crippen LogP contribution is 2.37. The molecule has 2 heterocycles. The van der Waals surface area contributed by atoms with Crippen LogP contribution in [0.3, 0.4) is 0 Å². The van der Waals surface area contributed by atoms with Crippen molar-refractivity contribution in [3.63, 3.8) is 0 Å². The molecule has 3 N–H and O–H groups in total. The van der Waals surface area contributed by atoms with Crippen LogP contribution in [-0.4, -0.2) is 35.9 Å². The Bertz CT molecular complexity index is 843. The van der Waals surface area contributed by atoms with Gasteiger partial charge in [-0.05, 0) is 57.0 Å². The van der Waals surface area contributed by atoms with E-state index in [9.17, 15) is 9.59 Å². The second-order valence-electron chi connectivity index (χ2n) is 6.80. The second kappa shape index (κ2) is 8.10. The van der Waals surface area contributed by atoms with Crippen molar-refractivity contribution in [1.82, 2.24) is 4.90 Å². The SMILES string of the molecule is CCOc1ccc(C(=O)Nc2sc3c(c2C(N)=O)CCN(C(C)C)C3)cc1. The zero-order valence-corrected chi connectivity index (χ0v) is 16.7. The Balaban J connectivity index is 1.84. The number of anilines is 1. The highest BCUT2D eigenvalue weighted by Gasteiger charge is 2.28. The summed E-state index contributed by atoms with van der Waals surface area (Å²) in [5, 5.41) is 3.42. The van der Waals surface area contributed by atoms with Gasteiger partial charge in [0.2, 0.25) is 0 Å². The molecule has 2 amide bonds. The Morgan fingerprint density at radius 1 is 1.30 bits per heavy atom. The molecule has 1 aromatic carbocycles. The maximum absolute atomic E-state index is 12.6. The van der Waals surface area contributed by atoms with Crippen LogP contribution < -0.4 is 15.8 Å². The number of ether oxygens (including phenoxy) is 1. The molecule has 2 aromatic rings. The van der Waals surface area contributed by atoms with E-state index in [1.807, 2.05) is 6.92 Å². The van der Waals surface area contributed by atoms with Crippen molar-refractivity contribution in [1.29, 1.82) is 0 Å². The molecule has 1 aromatic heterocycles. The van der Waals surface area contributed by atoms with Gasteiger partial charge in [0.1, 0.15) is 10.8 Å². The van der Waals surface area contributed by atoms with E-state index in [2.05, 4.69) is 24.1 Å². The standard InChI is InChI=1S/C20H25N3O3S/c1-4-26-14-7-5-13(6-8-14)19(25)22-20-17(18(21)24)15-9-10-23(12(2)3)11-16(15)27-20/h5-8,12H,4,9-11H2,1-3H3,(H2,21,24)(H,22,25). The fraction of sp³-hybridized carbons (Fsp3) is 0.400. The van der Waals surface area contributed by atoms with Crippen molar-refractivity contribution in [2.75, 3.05) is 18.5 Å². The lowest BCUT2D eigenvalue weighted by Gasteiger charge is -2.30. The van der Waals surface area contributed by atoms with Crippen molar-refractivity contribution >= 4 is 28.2 Å². The van der Waals surface area contributed by atoms with E-state index < -0.39 is 5.91 Å². The predicted octanol–water partition coefficient (Wildman–Crippen LogP) is 3.26. The van der Waals surface area contributed by atoms with Crippen LogP contribution in [0.1, 0.15) is 51.9 Å². The zero-order valence-electron chi connectivity index (χ0n) is 15.9. The first-order valence-electron chi connectivity index (χ1n) is 9.13. The van der Waals surface area contributed by atoms with Crippen LogP contribution in [0.4, 0.5) is 5.00 Å². The molecule has 144 valence electrons. The first kappa shape index (κ1) is 19.4. The first-order valence-corrected chi connectivity index (χ1v) is 9.95. The molecule has 0 spiro atoms. The Hall–Kier alpha value is -2.38. The minimum Gasteiger partial charge on any atom is -0.494 e. The third kappa shape index (κ3) is 4.14. The van der Waals surface area contributed by atoms with E-state index in [0.717, 1.165) is 30.0 Å². The molecule has 0 saturated carbocycles. The summed E-state index contributed by atoms with van der Waals surface area (Å²) in [5.74, 6) is -0.0420. The van der Waals surface area contributed by atoms with Crippen LogP contribution in [0, 0.1) is 0 Å². The molecule has 6 nitrogen and oxygen atoms in total. The highest BCUT2D eigenvalue weighted by atomic mass is 32.1. The summed E-state index contributed by atoms with van der Waals surface area (Å²) in [6, 6.07) is 7.36. The summed E-state index contributed by atoms with van der Waals surface area (Å²) >= 11 is 1.45. The molecule has 1 aliphatic heterocycles. The largest absolute Gasteiger partial charge is 0.494 e. The lowest BCUT2D eigenvalue weighted by molar-refractivity contribution is 0.0999. The fourth-order valence-electron chi connectivity index (χ4n) is 3.26. The third-order valence-corrected chi connectivity index (χ3v) is 5.85. The first-order chi connectivity index (χ1) is 12.9. The van der Waals surface area contributed by atoms with E-state index in [4.69, 9.17) is 10.5 Å². The molecule has 0 atom stereocenters. The van der Waals surface area contributed by atoms with Crippen LogP contribution in [0.2, 0.25) is 0 Å². The summed E-state index contributed by atoms with van der Waals surface area (Å²) in [4.78, 5) is 28.1. The van der Waals surface area contributed by atoms with Crippen molar-refractivity contribution in [2.24, 2.45) is 5.73 Å². The molecule has 1 aliphatic rings. The maximum Gasteiger partial charge on any atom is 0.256 e. The quantitative estimate of drug-likeness (QED) is 0.797. The molecule has 0 unspecified atom stereocenters. The van der Waals surface area contributed by atoms with Gasteiger partial charge in [-0.3, -0.25) is 14.5 Å². The van der Waals surface area contributed by atoms with E-state index in [1.165, 1.54) is 11.3 Å². The monoisotopic (exact) mass is 387 g/mol. The third-order valence-electron chi connectivity index (χ3n) is 4.72. The van der Waals surface area contributed by atoms with Gasteiger partial charge in [-0.15, -0.1) is 11.3 Å². The number of benzene rings is 1. The average molecular weight is 388 g/mol. The average Bonchev–Trinajstić information content (AvgIpc) is 2.99. The Morgan fingerprint density at radius 3 is 2.59 bits per heavy atom. The van der Waals surface area contributed by atoms with Gasteiger partial charge in [-0.25, -0.2) is 0 Å². The van der Waals surface area contributed by atoms with Crippen LogP contribution in [0.25, 0.3) is 0 Å². The molecule has 7 heteroatoms. The second-order valence-corrected chi connectivity index (χ2v) is 7.90. The van der Waals surface area contributed by atoms with Gasteiger partial charge in [-0.1, -0.05) is 0 Å². The van der Waals surface area contributed by atoms with Crippen LogP contribution in [-0.2, 0) is 13.0 Å². The Labute approximate surface area is 163 Å². The zero-order chi connectivity index (χ0) is 19.6. The van der Waals surface area contributed by atoms with Gasteiger partial charge >= 0.3 is 0 Å². The Morgan fingerprint density at radius 2 is 2.00 bits per heavy atom. The van der Waals surface area contributed by atoms with Crippen molar-refractivity contribution in [3.05, 3.63) is 45.8 Å². The topological polar surface area (TPSA) is 84.7 Å². The van der Waals surface area contributed by atoms with Crippen LogP contribution in [0.5, 0.6) is 5.75 Å². The van der Waals surface area contributed by atoms with Crippen LogP contribution in [0.15, 0.2) is 24.3 Å². The van der Waals surface area contributed by atoms with Crippen molar-refractivity contribution in [2.45, 2.75) is 39.8 Å². The smallest absolute Gasteiger partial charge is 0.256 e. The summed E-state index contributed by atoms with van der Waals surface area (Å²) < 4.78 is 5.40. The van der Waals surface area contributed by atoms with Gasteiger partial charge in [0.25, 0.3) is 11.8 Å². The molecule has 0 aliphatic carbocycles. The number of nitrogens with one attached hydrogen (secondary N) is 1. The van der Waals surface area contributed by atoms with Gasteiger partial charge < -0.3 is 15.8 Å².